The molecule has 0 radical (unpaired) electrons. The lowest BCUT2D eigenvalue weighted by Gasteiger charge is -2.35. The third kappa shape index (κ3) is 4.83. The van der Waals surface area contributed by atoms with E-state index in [1.165, 1.54) is 16.7 Å². The highest BCUT2D eigenvalue weighted by atomic mass is 32.1. The summed E-state index contributed by atoms with van der Waals surface area (Å²) in [6.07, 6.45) is 1.10. The monoisotopic (exact) mass is 357 g/mol. The van der Waals surface area contributed by atoms with Gasteiger partial charge >= 0.3 is 0 Å². The van der Waals surface area contributed by atoms with Crippen molar-refractivity contribution in [2.75, 3.05) is 32.8 Å². The molecule has 134 valence electrons. The first-order valence-corrected chi connectivity index (χ1v) is 9.93. The SMILES string of the molecule is CCNC(=NCCc1ccsc1)N1CCOC(c2ccccc2C)C1. The minimum atomic E-state index is 0.107. The number of nitrogens with zero attached hydrogens (tertiary/aromatic N) is 2. The predicted octanol–water partition coefficient (Wildman–Crippen LogP) is 3.64. The zero-order chi connectivity index (χ0) is 17.5. The molecule has 1 N–H and O–H groups in total. The minimum absolute atomic E-state index is 0.107. The first-order valence-electron chi connectivity index (χ1n) is 8.99. The Hall–Kier alpha value is -1.85. The molecule has 25 heavy (non-hydrogen) atoms. The van der Waals surface area contributed by atoms with E-state index < -0.39 is 0 Å². The zero-order valence-electron chi connectivity index (χ0n) is 15.1. The highest BCUT2D eigenvalue weighted by molar-refractivity contribution is 7.07. The normalized spacial score (nSPS) is 18.4. The van der Waals surface area contributed by atoms with Gasteiger partial charge in [-0.25, -0.2) is 0 Å². The third-order valence-corrected chi connectivity index (χ3v) is 5.21. The molecule has 3 rings (SSSR count). The van der Waals surface area contributed by atoms with Crippen LogP contribution in [0.3, 0.4) is 0 Å². The molecule has 0 aliphatic carbocycles. The highest BCUT2D eigenvalue weighted by Gasteiger charge is 2.25. The van der Waals surface area contributed by atoms with Crippen molar-refractivity contribution in [2.45, 2.75) is 26.4 Å². The predicted molar refractivity (Wildman–Crippen MR) is 105 cm³/mol. The molecule has 2 heterocycles. The van der Waals surface area contributed by atoms with Gasteiger partial charge in [0.05, 0.1) is 13.2 Å². The fourth-order valence-corrected chi connectivity index (χ4v) is 3.83. The largest absolute Gasteiger partial charge is 0.370 e. The van der Waals surface area contributed by atoms with Crippen molar-refractivity contribution in [1.82, 2.24) is 10.2 Å². The summed E-state index contributed by atoms with van der Waals surface area (Å²) in [6, 6.07) is 10.7. The molecule has 0 bridgehead atoms. The van der Waals surface area contributed by atoms with Gasteiger partial charge in [0.15, 0.2) is 5.96 Å². The van der Waals surface area contributed by atoms with Crippen molar-refractivity contribution < 1.29 is 4.74 Å². The second-order valence-corrected chi connectivity index (χ2v) is 7.06. The van der Waals surface area contributed by atoms with Gasteiger partial charge in [-0.05, 0) is 53.8 Å². The number of thiophene rings is 1. The summed E-state index contributed by atoms with van der Waals surface area (Å²) in [5.41, 5.74) is 3.93. The Labute approximate surface area is 154 Å². The smallest absolute Gasteiger partial charge is 0.194 e. The number of aryl methyl sites for hydroxylation is 1. The van der Waals surface area contributed by atoms with Crippen molar-refractivity contribution in [3.05, 3.63) is 57.8 Å². The van der Waals surface area contributed by atoms with Gasteiger partial charge in [-0.2, -0.15) is 11.3 Å². The molecule has 1 saturated heterocycles. The Bertz CT molecular complexity index is 684. The third-order valence-electron chi connectivity index (χ3n) is 4.48. The van der Waals surface area contributed by atoms with E-state index in [-0.39, 0.29) is 6.10 Å². The number of hydrogen-bond acceptors (Lipinski definition) is 3. The Kier molecular flexibility index (Phi) is 6.48. The number of rotatable bonds is 5. The fraction of sp³-hybridized carbons (Fsp3) is 0.450. The molecule has 0 saturated carbocycles. The van der Waals surface area contributed by atoms with E-state index in [2.05, 4.69) is 65.2 Å². The van der Waals surface area contributed by atoms with Crippen LogP contribution in [0.4, 0.5) is 0 Å². The van der Waals surface area contributed by atoms with Crippen molar-refractivity contribution in [1.29, 1.82) is 0 Å². The molecule has 1 aromatic carbocycles. The molecule has 2 aromatic rings. The van der Waals surface area contributed by atoms with E-state index in [4.69, 9.17) is 9.73 Å². The maximum Gasteiger partial charge on any atom is 0.194 e. The summed E-state index contributed by atoms with van der Waals surface area (Å²) in [6.45, 7) is 8.41. The van der Waals surface area contributed by atoms with E-state index in [1.54, 1.807) is 11.3 Å². The van der Waals surface area contributed by atoms with E-state index in [0.29, 0.717) is 0 Å². The van der Waals surface area contributed by atoms with Gasteiger partial charge < -0.3 is 15.0 Å². The Morgan fingerprint density at radius 2 is 2.24 bits per heavy atom. The topological polar surface area (TPSA) is 36.9 Å². The molecular formula is C20H27N3OS. The standard InChI is InChI=1S/C20H27N3OS/c1-3-21-20(22-10-8-17-9-13-25-15-17)23-11-12-24-19(14-23)18-7-5-4-6-16(18)2/h4-7,9,13,15,19H,3,8,10-12,14H2,1-2H3,(H,21,22). The minimum Gasteiger partial charge on any atom is -0.370 e. The maximum absolute atomic E-state index is 6.04. The molecule has 1 unspecified atom stereocenters. The molecule has 4 nitrogen and oxygen atoms in total. The van der Waals surface area contributed by atoms with Gasteiger partial charge in [-0.1, -0.05) is 24.3 Å². The van der Waals surface area contributed by atoms with Crippen molar-refractivity contribution >= 4 is 17.3 Å². The molecule has 5 heteroatoms. The van der Waals surface area contributed by atoms with Crippen LogP contribution >= 0.6 is 11.3 Å². The number of morpholine rings is 1. The average Bonchev–Trinajstić information content (AvgIpc) is 3.15. The van der Waals surface area contributed by atoms with E-state index in [9.17, 15) is 0 Å². The highest BCUT2D eigenvalue weighted by Crippen LogP contribution is 2.25. The van der Waals surface area contributed by atoms with Gasteiger partial charge in [0.25, 0.3) is 0 Å². The lowest BCUT2D eigenvalue weighted by Crippen LogP contribution is -2.48. The summed E-state index contributed by atoms with van der Waals surface area (Å²) in [4.78, 5) is 7.17. The van der Waals surface area contributed by atoms with E-state index in [1.807, 2.05) is 0 Å². The Morgan fingerprint density at radius 1 is 1.36 bits per heavy atom. The summed E-state index contributed by atoms with van der Waals surface area (Å²) >= 11 is 1.74. The van der Waals surface area contributed by atoms with Crippen LogP contribution in [-0.4, -0.2) is 43.6 Å². The summed E-state index contributed by atoms with van der Waals surface area (Å²) in [5, 5.41) is 7.77. The van der Waals surface area contributed by atoms with Crippen LogP contribution in [0.1, 0.15) is 29.7 Å². The van der Waals surface area contributed by atoms with E-state index in [0.717, 1.165) is 45.2 Å². The lowest BCUT2D eigenvalue weighted by atomic mass is 10.0. The summed E-state index contributed by atoms with van der Waals surface area (Å²) in [5.74, 6) is 1.000. The zero-order valence-corrected chi connectivity index (χ0v) is 15.9. The second-order valence-electron chi connectivity index (χ2n) is 6.28. The molecule has 1 aromatic heterocycles. The molecule has 1 fully saturated rings. The molecule has 1 aliphatic heterocycles. The molecule has 1 aliphatic rings. The van der Waals surface area contributed by atoms with Gasteiger partial charge in [0.2, 0.25) is 0 Å². The Morgan fingerprint density at radius 3 is 3.00 bits per heavy atom. The van der Waals surface area contributed by atoms with Crippen LogP contribution < -0.4 is 5.32 Å². The van der Waals surface area contributed by atoms with Gasteiger partial charge in [0, 0.05) is 19.6 Å². The summed E-state index contributed by atoms with van der Waals surface area (Å²) in [7, 11) is 0. The molecule has 0 amide bonds. The van der Waals surface area contributed by atoms with Crippen molar-refractivity contribution in [3.8, 4) is 0 Å². The molecule has 0 spiro atoms. The van der Waals surface area contributed by atoms with Crippen molar-refractivity contribution in [2.24, 2.45) is 4.99 Å². The molecule has 1 atom stereocenters. The van der Waals surface area contributed by atoms with Gasteiger partial charge in [-0.15, -0.1) is 0 Å². The quantitative estimate of drug-likeness (QED) is 0.656. The summed E-state index contributed by atoms with van der Waals surface area (Å²) < 4.78 is 6.04. The van der Waals surface area contributed by atoms with E-state index >= 15 is 0 Å². The van der Waals surface area contributed by atoms with Crippen LogP contribution in [-0.2, 0) is 11.2 Å². The fourth-order valence-electron chi connectivity index (χ4n) is 3.13. The number of ether oxygens (including phenoxy) is 1. The van der Waals surface area contributed by atoms with Crippen LogP contribution in [0.15, 0.2) is 46.1 Å². The first kappa shape index (κ1) is 18.0. The Balaban J connectivity index is 1.67. The number of nitrogens with one attached hydrogen (secondary N) is 1. The lowest BCUT2D eigenvalue weighted by molar-refractivity contribution is -0.00832. The van der Waals surface area contributed by atoms with Crippen LogP contribution in [0.2, 0.25) is 0 Å². The number of guanidine groups is 1. The van der Waals surface area contributed by atoms with Crippen molar-refractivity contribution in [3.63, 3.8) is 0 Å². The van der Waals surface area contributed by atoms with Gasteiger partial charge in [-0.3, -0.25) is 4.99 Å². The average molecular weight is 358 g/mol. The number of hydrogen-bond donors (Lipinski definition) is 1. The van der Waals surface area contributed by atoms with Crippen LogP contribution in [0.5, 0.6) is 0 Å². The van der Waals surface area contributed by atoms with Gasteiger partial charge in [0.1, 0.15) is 6.10 Å². The number of benzene rings is 1. The molecular weight excluding hydrogens is 330 g/mol. The first-order chi connectivity index (χ1) is 12.3. The number of aliphatic imine (C=N–C) groups is 1. The van der Waals surface area contributed by atoms with Crippen LogP contribution in [0.25, 0.3) is 0 Å². The second kappa shape index (κ2) is 9.02. The van der Waals surface area contributed by atoms with Crippen LogP contribution in [0, 0.1) is 6.92 Å². The maximum atomic E-state index is 6.04.